The molecule has 1 aliphatic heterocycles. The number of nitrogens with two attached hydrogens (primary N) is 1. The highest BCUT2D eigenvalue weighted by atomic mass is 15.1. The van der Waals surface area contributed by atoms with Gasteiger partial charge in [0.25, 0.3) is 0 Å². The predicted molar refractivity (Wildman–Crippen MR) is 112 cm³/mol. The number of aliphatic imine (C=N–C) groups is 1. The first-order valence-electron chi connectivity index (χ1n) is 9.82. The molecule has 1 saturated carbocycles. The van der Waals surface area contributed by atoms with Crippen LogP contribution >= 0.6 is 0 Å². The van der Waals surface area contributed by atoms with E-state index in [0.717, 1.165) is 42.4 Å². The van der Waals surface area contributed by atoms with Crippen LogP contribution in [0.4, 0.5) is 5.69 Å². The molecular weight excluding hydrogens is 320 g/mol. The molecule has 26 heavy (non-hydrogen) atoms. The number of hydrogen-bond donors (Lipinski definition) is 2. The number of likely N-dealkylation sites (tertiary alicyclic amines) is 1. The zero-order valence-corrected chi connectivity index (χ0v) is 16.1. The maximum atomic E-state index is 7.66. The van der Waals surface area contributed by atoms with Gasteiger partial charge in [-0.05, 0) is 56.2 Å². The first kappa shape index (κ1) is 19.0. The molecule has 2 fully saturated rings. The standard InChI is InChI=1S/C22H32N4/c1-4-5-20-19(9-8-17(11-23)22(20)25-3)18-10-15(2)12-26(13-18)14-21(24)16-6-7-16/h4-5,8-9,11,15-16,18,21,23H,3,6-7,10,12-14,24H2,1-2H3/b5-4-,23-11?/t15-,18+,21-/m1/s1. The molecule has 2 aliphatic rings. The second kappa shape index (κ2) is 8.28. The Kier molecular flexibility index (Phi) is 6.05. The summed E-state index contributed by atoms with van der Waals surface area (Å²) < 4.78 is 0. The van der Waals surface area contributed by atoms with E-state index in [0.29, 0.717) is 17.9 Å². The van der Waals surface area contributed by atoms with E-state index in [9.17, 15) is 0 Å². The molecule has 1 aromatic carbocycles. The lowest BCUT2D eigenvalue weighted by Crippen LogP contribution is -2.45. The van der Waals surface area contributed by atoms with Gasteiger partial charge in [0.1, 0.15) is 0 Å². The highest BCUT2D eigenvalue weighted by Gasteiger charge is 2.33. The van der Waals surface area contributed by atoms with Crippen molar-refractivity contribution in [1.29, 1.82) is 5.41 Å². The van der Waals surface area contributed by atoms with Crippen molar-refractivity contribution in [2.45, 2.75) is 45.1 Å². The van der Waals surface area contributed by atoms with Crippen LogP contribution < -0.4 is 5.73 Å². The summed E-state index contributed by atoms with van der Waals surface area (Å²) in [5.41, 5.74) is 10.5. The highest BCUT2D eigenvalue weighted by molar-refractivity contribution is 5.89. The van der Waals surface area contributed by atoms with Crippen LogP contribution in [0.3, 0.4) is 0 Å². The summed E-state index contributed by atoms with van der Waals surface area (Å²) in [5, 5.41) is 7.66. The van der Waals surface area contributed by atoms with E-state index in [1.165, 1.54) is 31.0 Å². The molecule has 0 spiro atoms. The van der Waals surface area contributed by atoms with Gasteiger partial charge < -0.3 is 16.0 Å². The van der Waals surface area contributed by atoms with E-state index in [4.69, 9.17) is 11.1 Å². The van der Waals surface area contributed by atoms with Crippen LogP contribution in [-0.4, -0.2) is 43.5 Å². The van der Waals surface area contributed by atoms with Crippen LogP contribution in [0.25, 0.3) is 6.08 Å². The number of piperidine rings is 1. The van der Waals surface area contributed by atoms with Gasteiger partial charge in [0, 0.05) is 43.0 Å². The predicted octanol–water partition coefficient (Wildman–Crippen LogP) is 4.21. The highest BCUT2D eigenvalue weighted by Crippen LogP contribution is 2.38. The Labute approximate surface area is 157 Å². The van der Waals surface area contributed by atoms with Gasteiger partial charge in [0.15, 0.2) is 0 Å². The van der Waals surface area contributed by atoms with Crippen LogP contribution in [-0.2, 0) is 0 Å². The van der Waals surface area contributed by atoms with Gasteiger partial charge >= 0.3 is 0 Å². The molecule has 0 radical (unpaired) electrons. The fourth-order valence-corrected chi connectivity index (χ4v) is 4.44. The minimum atomic E-state index is 0.321. The molecule has 140 valence electrons. The van der Waals surface area contributed by atoms with Gasteiger partial charge in [0.2, 0.25) is 0 Å². The zero-order chi connectivity index (χ0) is 18.7. The summed E-state index contributed by atoms with van der Waals surface area (Å²) in [6.07, 6.45) is 9.32. The van der Waals surface area contributed by atoms with Crippen molar-refractivity contribution >= 4 is 24.7 Å². The molecule has 1 saturated heterocycles. The second-order valence-corrected chi connectivity index (χ2v) is 8.07. The van der Waals surface area contributed by atoms with Gasteiger partial charge in [-0.25, -0.2) is 0 Å². The van der Waals surface area contributed by atoms with E-state index in [-0.39, 0.29) is 0 Å². The van der Waals surface area contributed by atoms with Crippen molar-refractivity contribution in [3.05, 3.63) is 34.9 Å². The van der Waals surface area contributed by atoms with E-state index in [1.807, 2.05) is 19.1 Å². The Balaban J connectivity index is 1.88. The maximum absolute atomic E-state index is 7.66. The van der Waals surface area contributed by atoms with Crippen molar-refractivity contribution in [3.63, 3.8) is 0 Å². The average molecular weight is 353 g/mol. The van der Waals surface area contributed by atoms with Gasteiger partial charge in [0.05, 0.1) is 5.69 Å². The number of rotatable bonds is 7. The third kappa shape index (κ3) is 4.13. The van der Waals surface area contributed by atoms with Gasteiger partial charge in [-0.3, -0.25) is 4.99 Å². The number of hydrogen-bond acceptors (Lipinski definition) is 4. The Morgan fingerprint density at radius 2 is 2.15 bits per heavy atom. The quantitative estimate of drug-likeness (QED) is 0.722. The van der Waals surface area contributed by atoms with Gasteiger partial charge in [-0.2, -0.15) is 0 Å². The number of nitrogens with one attached hydrogen (secondary N) is 1. The summed E-state index contributed by atoms with van der Waals surface area (Å²) in [6.45, 7) is 11.3. The van der Waals surface area contributed by atoms with Crippen LogP contribution in [0.1, 0.15) is 55.7 Å². The Hall–Kier alpha value is -1.78. The molecule has 4 nitrogen and oxygen atoms in total. The minimum absolute atomic E-state index is 0.321. The summed E-state index contributed by atoms with van der Waals surface area (Å²) in [6, 6.07) is 4.52. The van der Waals surface area contributed by atoms with Crippen molar-refractivity contribution in [3.8, 4) is 0 Å². The Morgan fingerprint density at radius 3 is 2.77 bits per heavy atom. The third-order valence-electron chi connectivity index (χ3n) is 5.80. The van der Waals surface area contributed by atoms with E-state index >= 15 is 0 Å². The monoisotopic (exact) mass is 352 g/mol. The first-order valence-corrected chi connectivity index (χ1v) is 9.82. The molecule has 0 amide bonds. The number of nitrogens with zero attached hydrogens (tertiary/aromatic N) is 2. The SMILES string of the molecule is C=Nc1c(C=N)ccc([C@H]2C[C@@H](C)CN(C[C@@H](N)C3CC3)C2)c1/C=C\C. The zero-order valence-electron chi connectivity index (χ0n) is 16.1. The molecule has 4 heteroatoms. The lowest BCUT2D eigenvalue weighted by molar-refractivity contribution is 0.152. The van der Waals surface area contributed by atoms with Crippen molar-refractivity contribution < 1.29 is 0 Å². The molecule has 1 aliphatic carbocycles. The van der Waals surface area contributed by atoms with Crippen LogP contribution in [0.2, 0.25) is 0 Å². The molecule has 0 bridgehead atoms. The fraction of sp³-hybridized carbons (Fsp3) is 0.545. The summed E-state index contributed by atoms with van der Waals surface area (Å²) >= 11 is 0. The summed E-state index contributed by atoms with van der Waals surface area (Å²) in [7, 11) is 0. The van der Waals surface area contributed by atoms with Crippen LogP contribution in [0.5, 0.6) is 0 Å². The minimum Gasteiger partial charge on any atom is -0.326 e. The van der Waals surface area contributed by atoms with Crippen LogP contribution in [0, 0.1) is 17.2 Å². The number of benzene rings is 1. The normalized spacial score (nSPS) is 25.3. The molecule has 3 N–H and O–H groups in total. The summed E-state index contributed by atoms with van der Waals surface area (Å²) in [4.78, 5) is 6.81. The number of allylic oxidation sites excluding steroid dienone is 1. The molecule has 0 unspecified atom stereocenters. The van der Waals surface area contributed by atoms with E-state index < -0.39 is 0 Å². The molecule has 0 aromatic heterocycles. The smallest absolute Gasteiger partial charge is 0.0784 e. The largest absolute Gasteiger partial charge is 0.326 e. The maximum Gasteiger partial charge on any atom is 0.0784 e. The molecule has 3 atom stereocenters. The van der Waals surface area contributed by atoms with Gasteiger partial charge in [-0.1, -0.05) is 31.2 Å². The second-order valence-electron chi connectivity index (χ2n) is 8.07. The van der Waals surface area contributed by atoms with Gasteiger partial charge in [-0.15, -0.1) is 0 Å². The topological polar surface area (TPSA) is 65.5 Å². The van der Waals surface area contributed by atoms with E-state index in [1.54, 1.807) is 0 Å². The van der Waals surface area contributed by atoms with E-state index in [2.05, 4.69) is 35.7 Å². The first-order chi connectivity index (χ1) is 12.6. The van der Waals surface area contributed by atoms with Crippen molar-refractivity contribution in [2.24, 2.45) is 22.6 Å². The Morgan fingerprint density at radius 1 is 1.38 bits per heavy atom. The third-order valence-corrected chi connectivity index (χ3v) is 5.80. The molecule has 3 rings (SSSR count). The van der Waals surface area contributed by atoms with Crippen molar-refractivity contribution in [1.82, 2.24) is 4.90 Å². The van der Waals surface area contributed by atoms with Crippen molar-refractivity contribution in [2.75, 3.05) is 19.6 Å². The lowest BCUT2D eigenvalue weighted by Gasteiger charge is -2.38. The fourth-order valence-electron chi connectivity index (χ4n) is 4.44. The molecular formula is C22H32N4. The summed E-state index contributed by atoms with van der Waals surface area (Å²) in [5.74, 6) is 1.87. The van der Waals surface area contributed by atoms with Crippen LogP contribution in [0.15, 0.2) is 23.2 Å². The average Bonchev–Trinajstić information content (AvgIpc) is 3.46. The lowest BCUT2D eigenvalue weighted by atomic mass is 9.82. The molecule has 1 heterocycles. The Bertz CT molecular complexity index is 690. The molecule has 1 aromatic rings.